The Morgan fingerprint density at radius 1 is 1.56 bits per heavy atom. The van der Waals surface area contributed by atoms with Gasteiger partial charge in [0.1, 0.15) is 0 Å². The summed E-state index contributed by atoms with van der Waals surface area (Å²) in [7, 11) is 0. The van der Waals surface area contributed by atoms with Gasteiger partial charge in [-0.2, -0.15) is 0 Å². The molecule has 0 aliphatic carbocycles. The number of halogens is 1. The molecule has 0 unspecified atom stereocenters. The summed E-state index contributed by atoms with van der Waals surface area (Å²) in [6.07, 6.45) is 4.23. The maximum absolute atomic E-state index is 10.8. The third-order valence-corrected chi connectivity index (χ3v) is 3.62. The molecule has 1 aromatic heterocycles. The number of thiazole rings is 1. The van der Waals surface area contributed by atoms with E-state index in [2.05, 4.69) is 15.6 Å². The van der Waals surface area contributed by atoms with E-state index >= 15 is 0 Å². The fourth-order valence-electron chi connectivity index (χ4n) is 1.79. The smallest absolute Gasteiger partial charge is 0.223 e. The number of anilines is 1. The zero-order valence-electron chi connectivity index (χ0n) is 9.16. The van der Waals surface area contributed by atoms with Crippen LogP contribution in [0.2, 0.25) is 0 Å². The Morgan fingerprint density at radius 3 is 2.88 bits per heavy atom. The van der Waals surface area contributed by atoms with Crippen molar-refractivity contribution in [3.05, 3.63) is 11.1 Å². The van der Waals surface area contributed by atoms with Gasteiger partial charge in [0.15, 0.2) is 5.13 Å². The van der Waals surface area contributed by atoms with Crippen LogP contribution in [0, 0.1) is 0 Å². The van der Waals surface area contributed by atoms with Crippen molar-refractivity contribution in [1.82, 2.24) is 10.3 Å². The summed E-state index contributed by atoms with van der Waals surface area (Å²) >= 11 is 1.60. The van der Waals surface area contributed by atoms with E-state index in [1.165, 1.54) is 24.6 Å². The lowest BCUT2D eigenvalue weighted by Crippen LogP contribution is -2.26. The predicted octanol–water partition coefficient (Wildman–Crippen LogP) is 1.99. The topological polar surface area (TPSA) is 54.0 Å². The molecule has 1 saturated heterocycles. The Morgan fingerprint density at radius 2 is 2.25 bits per heavy atom. The second-order valence-corrected chi connectivity index (χ2v) is 4.84. The summed E-state index contributed by atoms with van der Waals surface area (Å²) in [6.45, 7) is 3.67. The zero-order chi connectivity index (χ0) is 10.7. The van der Waals surface area contributed by atoms with Crippen LogP contribution in [0.4, 0.5) is 5.13 Å². The summed E-state index contributed by atoms with van der Waals surface area (Å²) in [6, 6.07) is 0. The highest BCUT2D eigenvalue weighted by atomic mass is 35.5. The van der Waals surface area contributed by atoms with E-state index in [-0.39, 0.29) is 18.3 Å². The van der Waals surface area contributed by atoms with E-state index in [0.29, 0.717) is 5.92 Å². The summed E-state index contributed by atoms with van der Waals surface area (Å²) in [4.78, 5) is 16.3. The largest absolute Gasteiger partial charge is 0.317 e. The first-order valence-corrected chi connectivity index (χ1v) is 6.01. The van der Waals surface area contributed by atoms with Crippen molar-refractivity contribution in [2.75, 3.05) is 18.4 Å². The second kappa shape index (κ2) is 6.18. The lowest BCUT2D eigenvalue weighted by atomic mass is 9.97. The number of nitrogens with zero attached hydrogens (tertiary/aromatic N) is 1. The lowest BCUT2D eigenvalue weighted by Gasteiger charge is -2.20. The van der Waals surface area contributed by atoms with Gasteiger partial charge in [-0.1, -0.05) is 0 Å². The minimum atomic E-state index is -0.0544. The summed E-state index contributed by atoms with van der Waals surface area (Å²) < 4.78 is 0. The molecule has 0 spiro atoms. The predicted molar refractivity (Wildman–Crippen MR) is 68.5 cm³/mol. The molecule has 4 nitrogen and oxygen atoms in total. The third kappa shape index (κ3) is 3.43. The van der Waals surface area contributed by atoms with Gasteiger partial charge in [0.05, 0.1) is 0 Å². The highest BCUT2D eigenvalue weighted by molar-refractivity contribution is 7.15. The molecule has 90 valence electrons. The minimum Gasteiger partial charge on any atom is -0.317 e. The molecule has 0 aromatic carbocycles. The van der Waals surface area contributed by atoms with Crippen molar-refractivity contribution in [1.29, 1.82) is 0 Å². The van der Waals surface area contributed by atoms with E-state index in [1.54, 1.807) is 11.3 Å². The molecule has 1 fully saturated rings. The number of hydrogen-bond acceptors (Lipinski definition) is 4. The quantitative estimate of drug-likeness (QED) is 0.856. The van der Waals surface area contributed by atoms with Gasteiger partial charge in [0.25, 0.3) is 0 Å². The average molecular weight is 262 g/mol. The highest BCUT2D eigenvalue weighted by Gasteiger charge is 2.17. The standard InChI is InChI=1S/C10H15N3OS.ClH/c1-7(14)13-10-12-6-9(15-10)8-2-4-11-5-3-8;/h6,8,11H,2-5H2,1H3,(H,12,13,14);1H. The van der Waals surface area contributed by atoms with Gasteiger partial charge in [-0.15, -0.1) is 23.7 Å². The maximum Gasteiger partial charge on any atom is 0.223 e. The number of aromatic nitrogens is 1. The molecule has 0 bridgehead atoms. The fourth-order valence-corrected chi connectivity index (χ4v) is 2.82. The molecule has 2 N–H and O–H groups in total. The van der Waals surface area contributed by atoms with E-state index in [0.717, 1.165) is 18.2 Å². The molecule has 2 rings (SSSR count). The van der Waals surface area contributed by atoms with E-state index in [4.69, 9.17) is 0 Å². The van der Waals surface area contributed by atoms with Crippen molar-refractivity contribution in [3.8, 4) is 0 Å². The van der Waals surface area contributed by atoms with Crippen molar-refractivity contribution in [3.63, 3.8) is 0 Å². The van der Waals surface area contributed by atoms with Crippen LogP contribution in [0.25, 0.3) is 0 Å². The zero-order valence-corrected chi connectivity index (χ0v) is 10.8. The van der Waals surface area contributed by atoms with E-state index in [1.807, 2.05) is 6.20 Å². The number of piperidine rings is 1. The fraction of sp³-hybridized carbons (Fsp3) is 0.600. The number of nitrogens with one attached hydrogen (secondary N) is 2. The normalized spacial score (nSPS) is 16.6. The molecule has 0 atom stereocenters. The number of carbonyl (C=O) groups is 1. The first kappa shape index (κ1) is 13.4. The van der Waals surface area contributed by atoms with Crippen LogP contribution in [0.5, 0.6) is 0 Å². The molecule has 6 heteroatoms. The SMILES string of the molecule is CC(=O)Nc1ncc(C2CCNCC2)s1.Cl. The number of carbonyl (C=O) groups excluding carboxylic acids is 1. The van der Waals surface area contributed by atoms with Crippen LogP contribution in [0.1, 0.15) is 30.6 Å². The van der Waals surface area contributed by atoms with Crippen LogP contribution in [-0.4, -0.2) is 24.0 Å². The van der Waals surface area contributed by atoms with Gasteiger partial charge >= 0.3 is 0 Å². The van der Waals surface area contributed by atoms with Crippen LogP contribution < -0.4 is 10.6 Å². The van der Waals surface area contributed by atoms with Crippen LogP contribution in [0.15, 0.2) is 6.20 Å². The van der Waals surface area contributed by atoms with Crippen molar-refractivity contribution >= 4 is 34.8 Å². The second-order valence-electron chi connectivity index (χ2n) is 3.77. The number of rotatable bonds is 2. The van der Waals surface area contributed by atoms with Crippen molar-refractivity contribution < 1.29 is 4.79 Å². The van der Waals surface area contributed by atoms with E-state index < -0.39 is 0 Å². The molecule has 0 saturated carbocycles. The Labute approximate surface area is 105 Å². The Bertz CT molecular complexity index is 350. The molecule has 1 aliphatic rings. The number of amides is 1. The highest BCUT2D eigenvalue weighted by Crippen LogP contribution is 2.31. The Balaban J connectivity index is 0.00000128. The summed E-state index contributed by atoms with van der Waals surface area (Å²) in [5, 5.41) is 6.77. The van der Waals surface area contributed by atoms with Gasteiger partial charge in [-0.25, -0.2) is 4.98 Å². The summed E-state index contributed by atoms with van der Waals surface area (Å²) in [5.41, 5.74) is 0. The Hall–Kier alpha value is -0.650. The Kier molecular flexibility index (Phi) is 5.18. The monoisotopic (exact) mass is 261 g/mol. The number of hydrogen-bond donors (Lipinski definition) is 2. The van der Waals surface area contributed by atoms with Crippen molar-refractivity contribution in [2.24, 2.45) is 0 Å². The third-order valence-electron chi connectivity index (χ3n) is 2.55. The van der Waals surface area contributed by atoms with E-state index in [9.17, 15) is 4.79 Å². The molecule has 1 aliphatic heterocycles. The van der Waals surface area contributed by atoms with Gasteiger partial charge in [0, 0.05) is 18.0 Å². The van der Waals surface area contributed by atoms with Gasteiger partial charge in [-0.3, -0.25) is 4.79 Å². The molecule has 1 amide bonds. The minimum absolute atomic E-state index is 0. The summed E-state index contributed by atoms with van der Waals surface area (Å²) in [5.74, 6) is 0.562. The van der Waals surface area contributed by atoms with Crippen LogP contribution in [0.3, 0.4) is 0 Å². The molecule has 16 heavy (non-hydrogen) atoms. The van der Waals surface area contributed by atoms with Gasteiger partial charge < -0.3 is 10.6 Å². The van der Waals surface area contributed by atoms with Crippen LogP contribution in [-0.2, 0) is 4.79 Å². The average Bonchev–Trinajstić information content (AvgIpc) is 2.67. The van der Waals surface area contributed by atoms with Gasteiger partial charge in [0.2, 0.25) is 5.91 Å². The molecular weight excluding hydrogens is 246 g/mol. The lowest BCUT2D eigenvalue weighted by molar-refractivity contribution is -0.114. The van der Waals surface area contributed by atoms with Crippen LogP contribution >= 0.6 is 23.7 Å². The molecule has 0 radical (unpaired) electrons. The maximum atomic E-state index is 10.8. The first-order valence-electron chi connectivity index (χ1n) is 5.20. The van der Waals surface area contributed by atoms with Crippen molar-refractivity contribution in [2.45, 2.75) is 25.7 Å². The first-order chi connectivity index (χ1) is 7.25. The molecule has 2 heterocycles. The van der Waals surface area contributed by atoms with Gasteiger partial charge in [-0.05, 0) is 31.8 Å². The molecular formula is C10H16ClN3OS. The molecule has 1 aromatic rings.